The third-order valence-electron chi connectivity index (χ3n) is 2.49. The van der Waals surface area contributed by atoms with Gasteiger partial charge in [0.15, 0.2) is 0 Å². The molecule has 1 amide bonds. The number of allylic oxidation sites excluding steroid dienone is 1. The van der Waals surface area contributed by atoms with E-state index in [4.69, 9.17) is 0 Å². The molecule has 0 saturated heterocycles. The molecule has 0 saturated carbocycles. The Morgan fingerprint density at radius 1 is 1.18 bits per heavy atom. The zero-order valence-corrected chi connectivity index (χ0v) is 10.9. The van der Waals surface area contributed by atoms with Gasteiger partial charge in [-0.3, -0.25) is 4.79 Å². The summed E-state index contributed by atoms with van der Waals surface area (Å²) in [6, 6.07) is 0. The molecule has 0 aliphatic heterocycles. The van der Waals surface area contributed by atoms with E-state index in [-0.39, 0.29) is 11.5 Å². The lowest BCUT2D eigenvalue weighted by Gasteiger charge is -2.21. The molecule has 0 aromatic heterocycles. The Morgan fingerprint density at radius 2 is 1.65 bits per heavy atom. The van der Waals surface area contributed by atoms with Crippen LogP contribution >= 0.6 is 0 Å². The van der Waals surface area contributed by atoms with Crippen molar-refractivity contribution in [1.29, 1.82) is 0 Å². The van der Waals surface area contributed by atoms with Gasteiger partial charge in [-0.15, -0.1) is 4.91 Å². The molecular weight excluding hydrogens is 220 g/mol. The summed E-state index contributed by atoms with van der Waals surface area (Å²) in [5.41, 5.74) is -0.378. The van der Waals surface area contributed by atoms with E-state index in [0.717, 1.165) is 25.7 Å². The van der Waals surface area contributed by atoms with Gasteiger partial charge in [-0.05, 0) is 24.9 Å². The zero-order chi connectivity index (χ0) is 13.3. The number of carbonyl (C=O) groups is 1. The molecule has 1 N–H and O–H groups in total. The molecular formula is C12H22N2O3. The van der Waals surface area contributed by atoms with Crippen molar-refractivity contribution < 1.29 is 9.90 Å². The van der Waals surface area contributed by atoms with Crippen molar-refractivity contribution in [2.24, 2.45) is 5.18 Å². The summed E-state index contributed by atoms with van der Waals surface area (Å²) < 4.78 is 0. The smallest absolute Gasteiger partial charge is 0.279 e. The highest BCUT2D eigenvalue weighted by atomic mass is 16.3. The van der Waals surface area contributed by atoms with Crippen LogP contribution < -0.4 is 0 Å². The van der Waals surface area contributed by atoms with Gasteiger partial charge in [0.1, 0.15) is 5.76 Å². The van der Waals surface area contributed by atoms with Crippen molar-refractivity contribution in [2.75, 3.05) is 13.1 Å². The summed E-state index contributed by atoms with van der Waals surface area (Å²) in [7, 11) is 0. The normalized spacial score (nSPS) is 11.9. The maximum absolute atomic E-state index is 11.9. The van der Waals surface area contributed by atoms with Crippen molar-refractivity contribution in [1.82, 2.24) is 4.90 Å². The van der Waals surface area contributed by atoms with Gasteiger partial charge in [0.25, 0.3) is 5.91 Å². The van der Waals surface area contributed by atoms with Crippen molar-refractivity contribution in [2.45, 2.75) is 46.5 Å². The molecule has 0 aromatic rings. The summed E-state index contributed by atoms with van der Waals surface area (Å²) in [6.45, 7) is 6.57. The molecule has 5 nitrogen and oxygen atoms in total. The van der Waals surface area contributed by atoms with Crippen LogP contribution in [0, 0.1) is 4.91 Å². The molecule has 0 spiro atoms. The van der Waals surface area contributed by atoms with Gasteiger partial charge in [-0.25, -0.2) is 0 Å². The van der Waals surface area contributed by atoms with E-state index in [9.17, 15) is 14.8 Å². The van der Waals surface area contributed by atoms with Gasteiger partial charge >= 0.3 is 0 Å². The van der Waals surface area contributed by atoms with E-state index in [1.807, 2.05) is 13.8 Å². The minimum Gasteiger partial charge on any atom is -0.510 e. The first-order valence-corrected chi connectivity index (χ1v) is 6.10. The molecule has 0 radical (unpaired) electrons. The van der Waals surface area contributed by atoms with E-state index >= 15 is 0 Å². The molecule has 0 unspecified atom stereocenters. The molecule has 0 aliphatic carbocycles. The first-order valence-electron chi connectivity index (χ1n) is 6.10. The van der Waals surface area contributed by atoms with E-state index in [0.29, 0.717) is 13.1 Å². The number of nitrogens with zero attached hydrogens (tertiary/aromatic N) is 2. The van der Waals surface area contributed by atoms with Crippen LogP contribution in [0.25, 0.3) is 0 Å². The minimum absolute atomic E-state index is 0.317. The highest BCUT2D eigenvalue weighted by molar-refractivity contribution is 5.93. The summed E-state index contributed by atoms with van der Waals surface area (Å²) in [5.74, 6) is -0.787. The van der Waals surface area contributed by atoms with Gasteiger partial charge in [0.2, 0.25) is 5.70 Å². The predicted molar refractivity (Wildman–Crippen MR) is 67.5 cm³/mol. The van der Waals surface area contributed by atoms with Crippen LogP contribution in [0.4, 0.5) is 0 Å². The molecule has 0 atom stereocenters. The van der Waals surface area contributed by atoms with E-state index in [2.05, 4.69) is 5.18 Å². The lowest BCUT2D eigenvalue weighted by molar-refractivity contribution is -0.127. The fraction of sp³-hybridized carbons (Fsp3) is 0.750. The van der Waals surface area contributed by atoms with Crippen molar-refractivity contribution in [3.63, 3.8) is 0 Å². The number of carbonyl (C=O) groups excluding carboxylic acids is 1. The lowest BCUT2D eigenvalue weighted by atomic mass is 10.2. The van der Waals surface area contributed by atoms with Crippen LogP contribution in [0.3, 0.4) is 0 Å². The van der Waals surface area contributed by atoms with E-state index in [1.165, 1.54) is 6.92 Å². The number of rotatable bonds is 8. The van der Waals surface area contributed by atoms with Crippen molar-refractivity contribution >= 4 is 5.91 Å². The quantitative estimate of drug-likeness (QED) is 0.404. The SMILES string of the molecule is CCCCN(CCCC)C(=O)/C(N=O)=C(/C)O. The Labute approximate surface area is 102 Å². The topological polar surface area (TPSA) is 70.0 Å². The zero-order valence-electron chi connectivity index (χ0n) is 10.9. The molecule has 0 aromatic carbocycles. The molecule has 5 heteroatoms. The van der Waals surface area contributed by atoms with Crippen LogP contribution in [0.5, 0.6) is 0 Å². The fourth-order valence-electron chi connectivity index (χ4n) is 1.42. The highest BCUT2D eigenvalue weighted by Gasteiger charge is 2.20. The maximum atomic E-state index is 11.9. The third-order valence-corrected chi connectivity index (χ3v) is 2.49. The molecule has 0 aliphatic rings. The molecule has 17 heavy (non-hydrogen) atoms. The van der Waals surface area contributed by atoms with E-state index < -0.39 is 5.91 Å². The second-order valence-corrected chi connectivity index (χ2v) is 4.02. The number of amides is 1. The van der Waals surface area contributed by atoms with Gasteiger partial charge in [-0.2, -0.15) is 0 Å². The van der Waals surface area contributed by atoms with Crippen LogP contribution in [0.15, 0.2) is 16.6 Å². The van der Waals surface area contributed by atoms with Crippen LogP contribution in [0.2, 0.25) is 0 Å². The Morgan fingerprint density at radius 3 is 1.94 bits per heavy atom. The van der Waals surface area contributed by atoms with Crippen molar-refractivity contribution in [3.05, 3.63) is 16.4 Å². The number of aliphatic hydroxyl groups excluding tert-OH is 1. The minimum atomic E-state index is -0.470. The maximum Gasteiger partial charge on any atom is 0.279 e. The number of aliphatic hydroxyl groups is 1. The highest BCUT2D eigenvalue weighted by Crippen LogP contribution is 2.10. The lowest BCUT2D eigenvalue weighted by Crippen LogP contribution is -2.34. The molecule has 98 valence electrons. The number of hydrogen-bond donors (Lipinski definition) is 1. The third kappa shape index (κ3) is 5.47. The summed E-state index contributed by atoms with van der Waals surface area (Å²) in [6.07, 6.45) is 3.71. The fourth-order valence-corrected chi connectivity index (χ4v) is 1.42. The molecule has 0 bridgehead atoms. The summed E-state index contributed by atoms with van der Waals surface area (Å²) in [5, 5.41) is 11.8. The number of nitroso groups, excluding NO2 is 1. The Balaban J connectivity index is 4.71. The predicted octanol–water partition coefficient (Wildman–Crippen LogP) is 2.97. The second kappa shape index (κ2) is 8.73. The average molecular weight is 242 g/mol. The largest absolute Gasteiger partial charge is 0.510 e. The second-order valence-electron chi connectivity index (χ2n) is 4.02. The Hall–Kier alpha value is -1.39. The standard InChI is InChI=1S/C12H22N2O3/c1-4-6-8-14(9-7-5-2)12(16)11(13-17)10(3)15/h15H,4-9H2,1-3H3/b11-10+. The van der Waals surface area contributed by atoms with Gasteiger partial charge in [0, 0.05) is 13.1 Å². The number of hydrogen-bond acceptors (Lipinski definition) is 4. The Kier molecular flexibility index (Phi) is 8.01. The van der Waals surface area contributed by atoms with Crippen LogP contribution in [-0.2, 0) is 4.79 Å². The Bertz CT molecular complexity index is 275. The van der Waals surface area contributed by atoms with Gasteiger partial charge < -0.3 is 10.0 Å². The first-order chi connectivity index (χ1) is 8.08. The summed E-state index contributed by atoms with van der Waals surface area (Å²) in [4.78, 5) is 24.1. The monoisotopic (exact) mass is 242 g/mol. The summed E-state index contributed by atoms with van der Waals surface area (Å²) >= 11 is 0. The van der Waals surface area contributed by atoms with Crippen LogP contribution in [0.1, 0.15) is 46.5 Å². The van der Waals surface area contributed by atoms with Crippen LogP contribution in [-0.4, -0.2) is 29.0 Å². The number of unbranched alkanes of at least 4 members (excludes halogenated alkanes) is 2. The first kappa shape index (κ1) is 15.6. The van der Waals surface area contributed by atoms with Crippen molar-refractivity contribution in [3.8, 4) is 0 Å². The molecule has 0 rings (SSSR count). The van der Waals surface area contributed by atoms with Gasteiger partial charge in [0.05, 0.1) is 0 Å². The molecule has 0 heterocycles. The average Bonchev–Trinajstić information content (AvgIpc) is 2.29. The van der Waals surface area contributed by atoms with E-state index in [1.54, 1.807) is 4.90 Å². The van der Waals surface area contributed by atoms with Gasteiger partial charge in [-0.1, -0.05) is 26.7 Å². The molecule has 0 fully saturated rings.